The second-order valence-corrected chi connectivity index (χ2v) is 6.04. The average molecular weight is 261 g/mol. The zero-order valence-electron chi connectivity index (χ0n) is 11.6. The molecule has 0 amide bonds. The number of hydrogen-bond donors (Lipinski definition) is 1. The Hall–Kier alpha value is -1.16. The van der Waals surface area contributed by atoms with Gasteiger partial charge in [-0.2, -0.15) is 5.10 Å². The van der Waals surface area contributed by atoms with Gasteiger partial charge in [0.15, 0.2) is 5.78 Å². The van der Waals surface area contributed by atoms with Crippen LogP contribution in [0.3, 0.4) is 0 Å². The molecule has 0 saturated carbocycles. The first-order valence-corrected chi connectivity index (χ1v) is 7.57. The van der Waals surface area contributed by atoms with E-state index in [0.717, 1.165) is 18.7 Å². The third-order valence-electron chi connectivity index (χ3n) is 4.48. The molecule has 0 aliphatic carbocycles. The Morgan fingerprint density at radius 1 is 1.42 bits per heavy atom. The molecule has 0 radical (unpaired) electrons. The van der Waals surface area contributed by atoms with Crippen LogP contribution >= 0.6 is 0 Å². The van der Waals surface area contributed by atoms with Crippen LogP contribution in [0.4, 0.5) is 0 Å². The van der Waals surface area contributed by atoms with E-state index in [1.165, 1.54) is 25.7 Å². The Morgan fingerprint density at radius 2 is 2.16 bits per heavy atom. The summed E-state index contributed by atoms with van der Waals surface area (Å²) in [6, 6.07) is 3.20. The summed E-state index contributed by atoms with van der Waals surface area (Å²) in [7, 11) is 0. The van der Waals surface area contributed by atoms with Gasteiger partial charge in [0.1, 0.15) is 5.69 Å². The Balaban J connectivity index is 1.63. The quantitative estimate of drug-likeness (QED) is 0.828. The summed E-state index contributed by atoms with van der Waals surface area (Å²) in [6.45, 7) is 2.95. The van der Waals surface area contributed by atoms with Crippen LogP contribution in [0.25, 0.3) is 0 Å². The van der Waals surface area contributed by atoms with E-state index in [0.29, 0.717) is 24.4 Å². The normalized spacial score (nSPS) is 29.6. The zero-order valence-corrected chi connectivity index (χ0v) is 11.6. The molecule has 2 fully saturated rings. The fourth-order valence-electron chi connectivity index (χ4n) is 3.67. The van der Waals surface area contributed by atoms with Crippen LogP contribution in [-0.2, 0) is 6.54 Å². The summed E-state index contributed by atoms with van der Waals surface area (Å²) in [5.74, 6) is 0.841. The highest BCUT2D eigenvalue weighted by molar-refractivity contribution is 5.94. The van der Waals surface area contributed by atoms with Crippen molar-refractivity contribution in [2.45, 2.75) is 64.1 Å². The third kappa shape index (κ3) is 2.73. The van der Waals surface area contributed by atoms with Gasteiger partial charge in [0.05, 0.1) is 0 Å². The first kappa shape index (κ1) is 12.9. The number of nitrogens with one attached hydrogen (secondary N) is 1. The summed E-state index contributed by atoms with van der Waals surface area (Å²) < 4.78 is 1.86. The molecule has 4 nitrogen and oxygen atoms in total. The topological polar surface area (TPSA) is 46.9 Å². The van der Waals surface area contributed by atoms with Gasteiger partial charge in [-0.05, 0) is 44.1 Å². The molecule has 2 bridgehead atoms. The molecule has 1 N–H and O–H groups in total. The molecule has 4 heteroatoms. The second-order valence-electron chi connectivity index (χ2n) is 6.04. The predicted octanol–water partition coefficient (Wildman–Crippen LogP) is 2.40. The predicted molar refractivity (Wildman–Crippen MR) is 74.1 cm³/mol. The monoisotopic (exact) mass is 261 g/mol. The summed E-state index contributed by atoms with van der Waals surface area (Å²) in [5, 5.41) is 7.88. The van der Waals surface area contributed by atoms with Crippen LogP contribution < -0.4 is 5.32 Å². The molecule has 2 saturated heterocycles. The van der Waals surface area contributed by atoms with E-state index in [-0.39, 0.29) is 5.78 Å². The van der Waals surface area contributed by atoms with E-state index in [4.69, 9.17) is 0 Å². The molecular weight excluding hydrogens is 238 g/mol. The Kier molecular flexibility index (Phi) is 3.69. The van der Waals surface area contributed by atoms with Gasteiger partial charge in [0.25, 0.3) is 0 Å². The molecule has 19 heavy (non-hydrogen) atoms. The highest BCUT2D eigenvalue weighted by Gasteiger charge is 2.34. The molecule has 1 aromatic heterocycles. The minimum Gasteiger partial charge on any atom is -0.311 e. The lowest BCUT2D eigenvalue weighted by Gasteiger charge is -2.28. The van der Waals surface area contributed by atoms with Gasteiger partial charge in [0.2, 0.25) is 0 Å². The third-order valence-corrected chi connectivity index (χ3v) is 4.48. The molecule has 0 aromatic carbocycles. The van der Waals surface area contributed by atoms with Gasteiger partial charge >= 0.3 is 0 Å². The van der Waals surface area contributed by atoms with Crippen molar-refractivity contribution >= 4 is 5.78 Å². The van der Waals surface area contributed by atoms with Crippen LogP contribution in [-0.4, -0.2) is 27.6 Å². The van der Waals surface area contributed by atoms with Crippen LogP contribution in [0, 0.1) is 5.92 Å². The number of piperidine rings is 1. The lowest BCUT2D eigenvalue weighted by Crippen LogP contribution is -2.38. The van der Waals surface area contributed by atoms with Crippen molar-refractivity contribution in [3.63, 3.8) is 0 Å². The maximum absolute atomic E-state index is 12.4. The Labute approximate surface area is 114 Å². The van der Waals surface area contributed by atoms with Crippen LogP contribution in [0.2, 0.25) is 0 Å². The highest BCUT2D eigenvalue weighted by atomic mass is 16.1. The first-order valence-electron chi connectivity index (χ1n) is 7.57. The standard InChI is InChI=1S/C15H23N3O/c1-2-7-18-14(5-6-16-18)15(19)10-11-8-12-3-4-13(9-11)17-12/h5-6,11-13,17H,2-4,7-10H2,1H3. The molecule has 2 aliphatic rings. The maximum atomic E-state index is 12.4. The van der Waals surface area contributed by atoms with Gasteiger partial charge in [0, 0.05) is 31.2 Å². The number of Topliss-reactive ketones (excluding diaryl/α,β-unsaturated/α-hetero) is 1. The van der Waals surface area contributed by atoms with Gasteiger partial charge in [-0.15, -0.1) is 0 Å². The molecule has 2 atom stereocenters. The minimum absolute atomic E-state index is 0.275. The smallest absolute Gasteiger partial charge is 0.181 e. The van der Waals surface area contributed by atoms with Crippen molar-refractivity contribution in [3.05, 3.63) is 18.0 Å². The summed E-state index contributed by atoms with van der Waals surface area (Å²) in [5.41, 5.74) is 0.799. The van der Waals surface area contributed by atoms with Gasteiger partial charge in [-0.25, -0.2) is 0 Å². The maximum Gasteiger partial charge on any atom is 0.181 e. The largest absolute Gasteiger partial charge is 0.311 e. The number of hydrogen-bond acceptors (Lipinski definition) is 3. The first-order chi connectivity index (χ1) is 9.26. The molecule has 104 valence electrons. The van der Waals surface area contributed by atoms with E-state index >= 15 is 0 Å². The summed E-state index contributed by atoms with van der Waals surface area (Å²) >= 11 is 0. The number of fused-ring (bicyclic) bond motifs is 2. The zero-order chi connectivity index (χ0) is 13.2. The van der Waals surface area contributed by atoms with E-state index in [2.05, 4.69) is 17.3 Å². The van der Waals surface area contributed by atoms with Crippen molar-refractivity contribution in [3.8, 4) is 0 Å². The molecule has 2 unspecified atom stereocenters. The van der Waals surface area contributed by atoms with E-state index in [9.17, 15) is 4.79 Å². The number of rotatable bonds is 5. The van der Waals surface area contributed by atoms with E-state index in [1.54, 1.807) is 6.20 Å². The number of aryl methyl sites for hydroxylation is 1. The second kappa shape index (κ2) is 5.45. The van der Waals surface area contributed by atoms with Crippen molar-refractivity contribution in [1.82, 2.24) is 15.1 Å². The summed E-state index contributed by atoms with van der Waals surface area (Å²) in [4.78, 5) is 12.4. The van der Waals surface area contributed by atoms with E-state index < -0.39 is 0 Å². The Bertz CT molecular complexity index is 442. The molecule has 3 heterocycles. The molecule has 0 spiro atoms. The average Bonchev–Trinajstić information content (AvgIpc) is 2.97. The van der Waals surface area contributed by atoms with Crippen LogP contribution in [0.1, 0.15) is 55.9 Å². The van der Waals surface area contributed by atoms with Crippen molar-refractivity contribution in [1.29, 1.82) is 0 Å². The molecular formula is C15H23N3O. The van der Waals surface area contributed by atoms with Crippen molar-refractivity contribution in [2.75, 3.05) is 0 Å². The number of aromatic nitrogens is 2. The number of carbonyl (C=O) groups excluding carboxylic acids is 1. The minimum atomic E-state index is 0.275. The number of carbonyl (C=O) groups is 1. The molecule has 3 rings (SSSR count). The lowest BCUT2D eigenvalue weighted by atomic mass is 9.87. The lowest BCUT2D eigenvalue weighted by molar-refractivity contribution is 0.0934. The van der Waals surface area contributed by atoms with Crippen molar-refractivity contribution < 1.29 is 4.79 Å². The summed E-state index contributed by atoms with van der Waals surface area (Å²) in [6.07, 6.45) is 8.39. The number of ketones is 1. The number of nitrogens with zero attached hydrogens (tertiary/aromatic N) is 2. The van der Waals surface area contributed by atoms with Gasteiger partial charge in [-0.1, -0.05) is 6.92 Å². The van der Waals surface area contributed by atoms with Crippen LogP contribution in [0.15, 0.2) is 12.3 Å². The van der Waals surface area contributed by atoms with Gasteiger partial charge in [-0.3, -0.25) is 9.48 Å². The fraction of sp³-hybridized carbons (Fsp3) is 0.733. The Morgan fingerprint density at radius 3 is 2.84 bits per heavy atom. The fourth-order valence-corrected chi connectivity index (χ4v) is 3.67. The SMILES string of the molecule is CCCn1nccc1C(=O)CC1CC2CCC(C1)N2. The molecule has 1 aromatic rings. The molecule has 2 aliphatic heterocycles. The highest BCUT2D eigenvalue weighted by Crippen LogP contribution is 2.33. The van der Waals surface area contributed by atoms with Crippen molar-refractivity contribution in [2.24, 2.45) is 5.92 Å². The van der Waals surface area contributed by atoms with Crippen LogP contribution in [0.5, 0.6) is 0 Å². The van der Waals surface area contributed by atoms with Gasteiger partial charge < -0.3 is 5.32 Å². The van der Waals surface area contributed by atoms with E-state index in [1.807, 2.05) is 10.7 Å².